The van der Waals surface area contributed by atoms with Crippen molar-refractivity contribution >= 4 is 27.7 Å². The highest BCUT2D eigenvalue weighted by atomic mass is 79.9. The van der Waals surface area contributed by atoms with Gasteiger partial charge in [0, 0.05) is 12.6 Å². The topological polar surface area (TPSA) is 72.1 Å². The number of carbonyl (C=O) groups is 1. The zero-order chi connectivity index (χ0) is 12.1. The van der Waals surface area contributed by atoms with Crippen LogP contribution in [0.3, 0.4) is 0 Å². The normalized spacial score (nSPS) is 10.5. The standard InChI is InChI=1S/C10H15BrN4O/c1-7(2)4-15(5-9(12)16)10-3-8(11)13-6-14-10/h3,6-7H,4-5H2,1-2H3,(H2,12,16). The highest BCUT2D eigenvalue weighted by molar-refractivity contribution is 9.10. The average molecular weight is 287 g/mol. The van der Waals surface area contributed by atoms with Crippen LogP contribution in [0, 0.1) is 5.92 Å². The maximum Gasteiger partial charge on any atom is 0.236 e. The Labute approximate surface area is 103 Å². The number of nitrogens with two attached hydrogens (primary N) is 1. The first-order chi connectivity index (χ1) is 7.49. The lowest BCUT2D eigenvalue weighted by Crippen LogP contribution is -2.36. The molecule has 0 bridgehead atoms. The number of primary amides is 1. The minimum Gasteiger partial charge on any atom is -0.368 e. The lowest BCUT2D eigenvalue weighted by molar-refractivity contribution is -0.116. The second kappa shape index (κ2) is 5.79. The Kier molecular flexibility index (Phi) is 4.67. The number of carbonyl (C=O) groups excluding carboxylic acids is 1. The summed E-state index contributed by atoms with van der Waals surface area (Å²) in [5.41, 5.74) is 5.21. The molecule has 0 aliphatic heterocycles. The molecule has 0 spiro atoms. The number of hydrogen-bond acceptors (Lipinski definition) is 4. The Morgan fingerprint density at radius 2 is 2.25 bits per heavy atom. The van der Waals surface area contributed by atoms with Gasteiger partial charge >= 0.3 is 0 Å². The van der Waals surface area contributed by atoms with E-state index < -0.39 is 0 Å². The maximum atomic E-state index is 11.0. The maximum absolute atomic E-state index is 11.0. The van der Waals surface area contributed by atoms with Crippen LogP contribution in [-0.4, -0.2) is 29.0 Å². The fourth-order valence-corrected chi connectivity index (χ4v) is 1.66. The van der Waals surface area contributed by atoms with E-state index in [1.807, 2.05) is 4.90 Å². The molecule has 1 aromatic heterocycles. The summed E-state index contributed by atoms with van der Waals surface area (Å²) in [6, 6.07) is 1.77. The summed E-state index contributed by atoms with van der Waals surface area (Å²) in [4.78, 5) is 20.9. The number of aromatic nitrogens is 2. The lowest BCUT2D eigenvalue weighted by atomic mass is 10.2. The van der Waals surface area contributed by atoms with Crippen molar-refractivity contribution in [3.63, 3.8) is 0 Å². The van der Waals surface area contributed by atoms with Gasteiger partial charge in [-0.15, -0.1) is 0 Å². The zero-order valence-corrected chi connectivity index (χ0v) is 10.9. The van der Waals surface area contributed by atoms with Crippen molar-refractivity contribution in [1.29, 1.82) is 0 Å². The van der Waals surface area contributed by atoms with Gasteiger partial charge in [-0.3, -0.25) is 4.79 Å². The van der Waals surface area contributed by atoms with E-state index in [0.717, 1.165) is 6.54 Å². The SMILES string of the molecule is CC(C)CN(CC(N)=O)c1cc(Br)ncn1. The van der Waals surface area contributed by atoms with E-state index in [-0.39, 0.29) is 12.5 Å². The third kappa shape index (κ3) is 4.14. The molecule has 5 nitrogen and oxygen atoms in total. The fourth-order valence-electron chi connectivity index (χ4n) is 1.37. The molecule has 6 heteroatoms. The summed E-state index contributed by atoms with van der Waals surface area (Å²) < 4.78 is 0.690. The van der Waals surface area contributed by atoms with Crippen LogP contribution in [0.4, 0.5) is 5.82 Å². The largest absolute Gasteiger partial charge is 0.368 e. The van der Waals surface area contributed by atoms with Crippen LogP contribution in [0.5, 0.6) is 0 Å². The first-order valence-corrected chi connectivity index (χ1v) is 5.79. The number of halogens is 1. The van der Waals surface area contributed by atoms with E-state index in [1.165, 1.54) is 6.33 Å². The Morgan fingerprint density at radius 3 is 2.75 bits per heavy atom. The molecule has 0 atom stereocenters. The molecule has 0 unspecified atom stereocenters. The van der Waals surface area contributed by atoms with Crippen LogP contribution in [0.15, 0.2) is 17.0 Å². The van der Waals surface area contributed by atoms with E-state index in [9.17, 15) is 4.79 Å². The van der Waals surface area contributed by atoms with Crippen molar-refractivity contribution in [1.82, 2.24) is 9.97 Å². The summed E-state index contributed by atoms with van der Waals surface area (Å²) in [6.45, 7) is 5.04. The third-order valence-electron chi connectivity index (χ3n) is 1.88. The van der Waals surface area contributed by atoms with Gasteiger partial charge < -0.3 is 10.6 Å². The number of anilines is 1. The molecule has 1 amide bonds. The number of rotatable bonds is 5. The summed E-state index contributed by atoms with van der Waals surface area (Å²) >= 11 is 3.27. The molecule has 16 heavy (non-hydrogen) atoms. The molecule has 0 aliphatic rings. The van der Waals surface area contributed by atoms with Crippen molar-refractivity contribution in [3.8, 4) is 0 Å². The fraction of sp³-hybridized carbons (Fsp3) is 0.500. The summed E-state index contributed by atoms with van der Waals surface area (Å²) in [7, 11) is 0. The van der Waals surface area contributed by atoms with Gasteiger partial charge in [-0.05, 0) is 21.8 Å². The van der Waals surface area contributed by atoms with Gasteiger partial charge in [0.05, 0.1) is 6.54 Å². The van der Waals surface area contributed by atoms with E-state index in [2.05, 4.69) is 39.7 Å². The zero-order valence-electron chi connectivity index (χ0n) is 9.35. The van der Waals surface area contributed by atoms with Crippen LogP contribution >= 0.6 is 15.9 Å². The average Bonchev–Trinajstić information content (AvgIpc) is 2.15. The van der Waals surface area contributed by atoms with Crippen molar-refractivity contribution in [2.24, 2.45) is 11.7 Å². The molecule has 0 aliphatic carbocycles. The molecule has 0 saturated carbocycles. The molecule has 2 N–H and O–H groups in total. The van der Waals surface area contributed by atoms with Crippen molar-refractivity contribution < 1.29 is 4.79 Å². The smallest absolute Gasteiger partial charge is 0.236 e. The van der Waals surface area contributed by atoms with Gasteiger partial charge in [-0.1, -0.05) is 13.8 Å². The van der Waals surface area contributed by atoms with Gasteiger partial charge in [0.25, 0.3) is 0 Å². The van der Waals surface area contributed by atoms with Crippen LogP contribution in [0.25, 0.3) is 0 Å². The molecule has 1 rings (SSSR count). The molecule has 0 radical (unpaired) electrons. The van der Waals surface area contributed by atoms with E-state index in [4.69, 9.17) is 5.73 Å². The van der Waals surface area contributed by atoms with Gasteiger partial charge in [-0.2, -0.15) is 0 Å². The minimum absolute atomic E-state index is 0.168. The van der Waals surface area contributed by atoms with E-state index >= 15 is 0 Å². The second-order valence-electron chi connectivity index (χ2n) is 3.94. The van der Waals surface area contributed by atoms with Crippen LogP contribution in [0.1, 0.15) is 13.8 Å². The molecule has 0 saturated heterocycles. The van der Waals surface area contributed by atoms with Crippen molar-refractivity contribution in [3.05, 3.63) is 17.0 Å². The predicted molar refractivity (Wildman–Crippen MR) is 66.0 cm³/mol. The van der Waals surface area contributed by atoms with E-state index in [0.29, 0.717) is 16.3 Å². The Hall–Kier alpha value is -1.17. The molecular formula is C10H15BrN4O. The van der Waals surface area contributed by atoms with Crippen LogP contribution < -0.4 is 10.6 Å². The molecule has 1 aromatic rings. The summed E-state index contributed by atoms with van der Waals surface area (Å²) in [6.07, 6.45) is 1.45. The first kappa shape index (κ1) is 12.9. The molecule has 0 fully saturated rings. The molecule has 0 aromatic carbocycles. The molecular weight excluding hydrogens is 272 g/mol. The lowest BCUT2D eigenvalue weighted by Gasteiger charge is -2.23. The van der Waals surface area contributed by atoms with Crippen LogP contribution in [-0.2, 0) is 4.79 Å². The predicted octanol–water partition coefficient (Wildman–Crippen LogP) is 1.19. The van der Waals surface area contributed by atoms with Crippen LogP contribution in [0.2, 0.25) is 0 Å². The summed E-state index contributed by atoms with van der Waals surface area (Å²) in [5, 5.41) is 0. The quantitative estimate of drug-likeness (QED) is 0.826. The Morgan fingerprint density at radius 1 is 1.56 bits per heavy atom. The number of hydrogen-bond donors (Lipinski definition) is 1. The van der Waals surface area contributed by atoms with Gasteiger partial charge in [-0.25, -0.2) is 9.97 Å². The molecule has 88 valence electrons. The monoisotopic (exact) mass is 286 g/mol. The van der Waals surface area contributed by atoms with Gasteiger partial charge in [0.1, 0.15) is 16.7 Å². The Bertz CT molecular complexity index is 370. The van der Waals surface area contributed by atoms with E-state index in [1.54, 1.807) is 6.07 Å². The first-order valence-electron chi connectivity index (χ1n) is 5.00. The van der Waals surface area contributed by atoms with Gasteiger partial charge in [0.15, 0.2) is 0 Å². The third-order valence-corrected chi connectivity index (χ3v) is 2.31. The Balaban J connectivity index is 2.86. The summed E-state index contributed by atoms with van der Waals surface area (Å²) in [5.74, 6) is 0.762. The van der Waals surface area contributed by atoms with Crippen molar-refractivity contribution in [2.45, 2.75) is 13.8 Å². The minimum atomic E-state index is -0.365. The number of nitrogens with zero attached hydrogens (tertiary/aromatic N) is 3. The highest BCUT2D eigenvalue weighted by Gasteiger charge is 2.12. The number of amides is 1. The molecule has 1 heterocycles. The van der Waals surface area contributed by atoms with Gasteiger partial charge in [0.2, 0.25) is 5.91 Å². The van der Waals surface area contributed by atoms with Crippen molar-refractivity contribution in [2.75, 3.05) is 18.0 Å². The highest BCUT2D eigenvalue weighted by Crippen LogP contribution is 2.15. The second-order valence-corrected chi connectivity index (χ2v) is 4.75.